The molecule has 0 spiro atoms. The highest BCUT2D eigenvalue weighted by atomic mass is 35.5. The molecule has 2 aromatic rings. The van der Waals surface area contributed by atoms with Crippen LogP contribution in [0.2, 0.25) is 0 Å². The van der Waals surface area contributed by atoms with Crippen LogP contribution in [-0.4, -0.2) is 48.9 Å². The van der Waals surface area contributed by atoms with Crippen LogP contribution in [0.4, 0.5) is 0 Å². The summed E-state index contributed by atoms with van der Waals surface area (Å²) in [6.45, 7) is 0.961. The van der Waals surface area contributed by atoms with E-state index in [0.29, 0.717) is 25.9 Å². The van der Waals surface area contributed by atoms with Crippen LogP contribution in [-0.2, 0) is 38.5 Å². The molecular weight excluding hydrogens is 539 g/mol. The van der Waals surface area contributed by atoms with Gasteiger partial charge in [-0.3, -0.25) is 9.59 Å². The van der Waals surface area contributed by atoms with Crippen molar-refractivity contribution in [3.63, 3.8) is 0 Å². The Labute approximate surface area is 245 Å². The summed E-state index contributed by atoms with van der Waals surface area (Å²) in [5.41, 5.74) is 17.0. The lowest BCUT2D eigenvalue weighted by molar-refractivity contribution is -0.158. The normalized spacial score (nSPS) is 10.9. The fourth-order valence-corrected chi connectivity index (χ4v) is 4.00. The van der Waals surface area contributed by atoms with Gasteiger partial charge in [0.05, 0.1) is 12.5 Å². The minimum Gasteiger partial charge on any atom is -0.344 e. The van der Waals surface area contributed by atoms with Crippen LogP contribution in [0.1, 0.15) is 61.6 Å². The zero-order valence-corrected chi connectivity index (χ0v) is 24.4. The molecule has 2 rings (SSSR count). The van der Waals surface area contributed by atoms with Gasteiger partial charge in [0.2, 0.25) is 5.91 Å². The topological polar surface area (TPSA) is 128 Å². The molecule has 0 aliphatic carbocycles. The molecule has 5 N–H and O–H groups in total. The molecule has 39 heavy (non-hydrogen) atoms. The largest absolute Gasteiger partial charge is 0.344 e. The molecule has 0 aromatic heterocycles. The second-order valence-corrected chi connectivity index (χ2v) is 9.44. The van der Waals surface area contributed by atoms with Gasteiger partial charge in [0.15, 0.2) is 0 Å². The van der Waals surface area contributed by atoms with E-state index in [2.05, 4.69) is 29.7 Å². The number of likely N-dealkylation sites (N-methyl/N-ethyl adjacent to an activating group) is 1. The van der Waals surface area contributed by atoms with Gasteiger partial charge in [0, 0.05) is 20.0 Å². The number of benzene rings is 2. The lowest BCUT2D eigenvalue weighted by Crippen LogP contribution is -2.42. The van der Waals surface area contributed by atoms with E-state index in [9.17, 15) is 14.4 Å². The van der Waals surface area contributed by atoms with Crippen LogP contribution >= 0.6 is 24.8 Å². The smallest absolute Gasteiger partial charge is 0.332 e. The number of aryl methyl sites for hydroxylation is 2. The maximum Gasteiger partial charge on any atom is 0.332 e. The predicted molar refractivity (Wildman–Crippen MR) is 160 cm³/mol. The molecule has 1 atom stereocenters. The third-order valence-corrected chi connectivity index (χ3v) is 6.23. The summed E-state index contributed by atoms with van der Waals surface area (Å²) in [4.78, 5) is 42.7. The first-order valence-corrected chi connectivity index (χ1v) is 13.2. The number of nitrogens with two attached hydrogens (primary N) is 2. The van der Waals surface area contributed by atoms with E-state index < -0.39 is 12.0 Å². The lowest BCUT2D eigenvalue weighted by atomic mass is 10.0. The van der Waals surface area contributed by atoms with Gasteiger partial charge in [0.1, 0.15) is 0 Å². The number of rotatable bonds is 16. The Balaban J connectivity index is 0.00000722. The molecule has 0 heterocycles. The number of unbranched alkanes of at least 4 members (excludes halogenated alkanes) is 2. The number of carbonyl (C=O) groups excluding carboxylic acids is 3. The van der Waals surface area contributed by atoms with Crippen LogP contribution < -0.4 is 16.9 Å². The monoisotopic (exact) mass is 582 g/mol. The SMILES string of the molecule is CN(CCCC(=O)ONC(=O)Cc1ccc(CCCCc2ccccc2)cc1)C(=O)[C@@H](N)CCCCN.Cl.Cl. The Morgan fingerprint density at radius 2 is 1.44 bits per heavy atom. The number of halogens is 2. The standard InChI is InChI=1S/C29H42N4O4.2ClH/c1-33(29(36)26(31)14-7-8-20-30)21-9-15-28(35)37-32-27(34)22-25-18-16-24(17-19-25)13-6-5-12-23-10-3-2-4-11-23;;/h2-4,10-11,16-19,26H,5-9,12-15,20-22,30-31H2,1H3,(H,32,34);2*1H/t26-;;/m0../s1. The molecule has 218 valence electrons. The Morgan fingerprint density at radius 3 is 2.05 bits per heavy atom. The Kier molecular flexibility index (Phi) is 19.8. The van der Waals surface area contributed by atoms with E-state index in [-0.39, 0.29) is 49.5 Å². The van der Waals surface area contributed by atoms with Gasteiger partial charge in [-0.1, -0.05) is 61.0 Å². The third kappa shape index (κ3) is 15.5. The predicted octanol–water partition coefficient (Wildman–Crippen LogP) is 3.91. The van der Waals surface area contributed by atoms with Crippen LogP contribution in [0, 0.1) is 0 Å². The molecule has 8 nitrogen and oxygen atoms in total. The zero-order valence-electron chi connectivity index (χ0n) is 22.8. The zero-order chi connectivity index (χ0) is 26.9. The molecule has 0 unspecified atom stereocenters. The third-order valence-electron chi connectivity index (χ3n) is 6.23. The van der Waals surface area contributed by atoms with Crippen molar-refractivity contribution in [3.05, 3.63) is 71.3 Å². The van der Waals surface area contributed by atoms with Crippen molar-refractivity contribution in [2.24, 2.45) is 11.5 Å². The van der Waals surface area contributed by atoms with E-state index >= 15 is 0 Å². The quantitative estimate of drug-likeness (QED) is 0.203. The van der Waals surface area contributed by atoms with Crippen molar-refractivity contribution in [3.8, 4) is 0 Å². The van der Waals surface area contributed by atoms with Crippen molar-refractivity contribution in [2.45, 2.75) is 70.3 Å². The second kappa shape index (κ2) is 21.2. The number of nitrogens with one attached hydrogen (secondary N) is 1. The first-order valence-electron chi connectivity index (χ1n) is 13.2. The van der Waals surface area contributed by atoms with Crippen molar-refractivity contribution in [1.29, 1.82) is 0 Å². The summed E-state index contributed by atoms with van der Waals surface area (Å²) in [6, 6.07) is 17.9. The number of hydrogen-bond acceptors (Lipinski definition) is 6. The molecule has 0 fully saturated rings. The average molecular weight is 584 g/mol. The summed E-state index contributed by atoms with van der Waals surface area (Å²) >= 11 is 0. The fourth-order valence-electron chi connectivity index (χ4n) is 4.00. The van der Waals surface area contributed by atoms with Crippen LogP contribution in [0.25, 0.3) is 0 Å². The molecule has 0 saturated heterocycles. The van der Waals surface area contributed by atoms with Crippen molar-refractivity contribution < 1.29 is 19.2 Å². The molecule has 0 bridgehead atoms. The van der Waals surface area contributed by atoms with Gasteiger partial charge in [0.25, 0.3) is 5.91 Å². The molecular formula is C29H44Cl2N4O4. The number of hydrogen-bond donors (Lipinski definition) is 3. The van der Waals surface area contributed by atoms with Crippen LogP contribution in [0.15, 0.2) is 54.6 Å². The lowest BCUT2D eigenvalue weighted by Gasteiger charge is -2.21. The van der Waals surface area contributed by atoms with Gasteiger partial charge in [-0.2, -0.15) is 5.48 Å². The summed E-state index contributed by atoms with van der Waals surface area (Å²) < 4.78 is 0. The molecule has 0 aliphatic heterocycles. The first kappa shape index (κ1) is 36.4. The van der Waals surface area contributed by atoms with Crippen LogP contribution in [0.5, 0.6) is 0 Å². The molecule has 0 aliphatic rings. The van der Waals surface area contributed by atoms with E-state index in [1.54, 1.807) is 7.05 Å². The Morgan fingerprint density at radius 1 is 0.846 bits per heavy atom. The minimum atomic E-state index is -0.559. The van der Waals surface area contributed by atoms with E-state index in [1.807, 2.05) is 30.3 Å². The number of hydroxylamine groups is 1. The van der Waals surface area contributed by atoms with Gasteiger partial charge in [-0.25, -0.2) is 4.79 Å². The van der Waals surface area contributed by atoms with Crippen molar-refractivity contribution in [2.75, 3.05) is 20.1 Å². The van der Waals surface area contributed by atoms with Crippen molar-refractivity contribution >= 4 is 42.6 Å². The Hall–Kier alpha value is -2.65. The highest BCUT2D eigenvalue weighted by molar-refractivity contribution is 5.85. The summed E-state index contributed by atoms with van der Waals surface area (Å²) in [7, 11) is 1.66. The first-order chi connectivity index (χ1) is 17.9. The Bertz CT molecular complexity index is 962. The molecule has 2 aromatic carbocycles. The second-order valence-electron chi connectivity index (χ2n) is 9.44. The maximum absolute atomic E-state index is 12.2. The van der Waals surface area contributed by atoms with E-state index in [4.69, 9.17) is 16.3 Å². The highest BCUT2D eigenvalue weighted by Crippen LogP contribution is 2.11. The summed E-state index contributed by atoms with van der Waals surface area (Å²) in [5.74, 6) is -1.09. The summed E-state index contributed by atoms with van der Waals surface area (Å²) in [5, 5.41) is 0. The number of carbonyl (C=O) groups is 3. The molecule has 2 amide bonds. The molecule has 10 heteroatoms. The maximum atomic E-state index is 12.2. The highest BCUT2D eigenvalue weighted by Gasteiger charge is 2.18. The summed E-state index contributed by atoms with van der Waals surface area (Å²) in [6.07, 6.45) is 7.18. The van der Waals surface area contributed by atoms with Crippen molar-refractivity contribution in [1.82, 2.24) is 10.4 Å². The van der Waals surface area contributed by atoms with Gasteiger partial charge < -0.3 is 21.2 Å². The van der Waals surface area contributed by atoms with Crippen LogP contribution in [0.3, 0.4) is 0 Å². The number of amides is 2. The molecule has 0 radical (unpaired) electrons. The minimum absolute atomic E-state index is 0. The molecule has 0 saturated carbocycles. The van der Waals surface area contributed by atoms with Gasteiger partial charge in [-0.05, 0) is 68.2 Å². The van der Waals surface area contributed by atoms with Gasteiger partial charge in [-0.15, -0.1) is 24.8 Å². The van der Waals surface area contributed by atoms with E-state index in [0.717, 1.165) is 44.1 Å². The average Bonchev–Trinajstić information content (AvgIpc) is 2.91. The number of nitrogens with zero attached hydrogens (tertiary/aromatic N) is 1. The van der Waals surface area contributed by atoms with E-state index in [1.165, 1.54) is 16.0 Å². The fraction of sp³-hybridized carbons (Fsp3) is 0.483. The van der Waals surface area contributed by atoms with Gasteiger partial charge >= 0.3 is 5.97 Å².